The predicted molar refractivity (Wildman–Crippen MR) is 108 cm³/mol. The average Bonchev–Trinajstić information content (AvgIpc) is 2.94. The van der Waals surface area contributed by atoms with Crippen LogP contribution in [0.1, 0.15) is 37.6 Å². The number of likely N-dealkylation sites (N-methyl/N-ethyl adjacent to an activating group) is 1. The van der Waals surface area contributed by atoms with E-state index in [4.69, 9.17) is 9.40 Å². The van der Waals surface area contributed by atoms with Crippen LogP contribution in [0.5, 0.6) is 0 Å². The van der Waals surface area contributed by atoms with E-state index in [-0.39, 0.29) is 5.54 Å². The van der Waals surface area contributed by atoms with Gasteiger partial charge in [-0.05, 0) is 56.2 Å². The van der Waals surface area contributed by atoms with E-state index < -0.39 is 0 Å². The van der Waals surface area contributed by atoms with E-state index in [9.17, 15) is 0 Å². The minimum Gasteiger partial charge on any atom is -0.437 e. The second-order valence-corrected chi connectivity index (χ2v) is 7.95. The van der Waals surface area contributed by atoms with Gasteiger partial charge in [-0.3, -0.25) is 0 Å². The Balaban J connectivity index is 1.97. The van der Waals surface area contributed by atoms with Crippen molar-refractivity contribution in [3.8, 4) is 0 Å². The summed E-state index contributed by atoms with van der Waals surface area (Å²) in [5.74, 6) is 0.578. The normalized spacial score (nSPS) is 20.0. The average molecular weight is 346 g/mol. The molecular weight excluding hydrogens is 320 g/mol. The summed E-state index contributed by atoms with van der Waals surface area (Å²) >= 11 is 0. The van der Waals surface area contributed by atoms with Gasteiger partial charge in [-0.25, -0.2) is 4.98 Å². The number of allylic oxidation sites excluding steroid dienone is 2. The van der Waals surface area contributed by atoms with Gasteiger partial charge in [-0.1, -0.05) is 38.1 Å². The zero-order valence-electron chi connectivity index (χ0n) is 16.2. The van der Waals surface area contributed by atoms with Gasteiger partial charge in [0, 0.05) is 29.1 Å². The van der Waals surface area contributed by atoms with Crippen molar-refractivity contribution in [1.29, 1.82) is 0 Å². The Morgan fingerprint density at radius 2 is 1.88 bits per heavy atom. The third kappa shape index (κ3) is 2.54. The molecule has 3 heteroatoms. The number of hydrogen-bond donors (Lipinski definition) is 0. The van der Waals surface area contributed by atoms with E-state index in [1.165, 1.54) is 11.1 Å². The third-order valence-electron chi connectivity index (χ3n) is 5.47. The molecule has 3 nitrogen and oxygen atoms in total. The number of aromatic nitrogens is 1. The Kier molecular flexibility index (Phi) is 3.91. The SMILES string of the molecule is Cc1ccc2c(oc3nc(CC(C)C)ccc32)c1C1(C)C=CC=CN1C. The fourth-order valence-electron chi connectivity index (χ4n) is 3.97. The van der Waals surface area contributed by atoms with Gasteiger partial charge in [-0.15, -0.1) is 0 Å². The van der Waals surface area contributed by atoms with Crippen LogP contribution in [0, 0.1) is 12.8 Å². The lowest BCUT2D eigenvalue weighted by atomic mass is 9.84. The largest absolute Gasteiger partial charge is 0.437 e. The molecule has 0 aliphatic carbocycles. The quantitative estimate of drug-likeness (QED) is 0.607. The number of pyridine rings is 1. The minimum absolute atomic E-state index is 0.243. The van der Waals surface area contributed by atoms with E-state index in [2.05, 4.69) is 88.3 Å². The van der Waals surface area contributed by atoms with Gasteiger partial charge >= 0.3 is 0 Å². The first kappa shape index (κ1) is 16.9. The highest BCUT2D eigenvalue weighted by Crippen LogP contribution is 2.41. The van der Waals surface area contributed by atoms with Crippen LogP contribution in [0.15, 0.2) is 53.1 Å². The van der Waals surface area contributed by atoms with Crippen LogP contribution in [0.3, 0.4) is 0 Å². The summed E-state index contributed by atoms with van der Waals surface area (Å²) in [6.45, 7) is 8.82. The first-order valence-corrected chi connectivity index (χ1v) is 9.31. The molecule has 1 atom stereocenters. The second-order valence-electron chi connectivity index (χ2n) is 7.95. The van der Waals surface area contributed by atoms with Crippen molar-refractivity contribution < 1.29 is 4.42 Å². The Hall–Kier alpha value is -2.55. The molecule has 4 rings (SSSR count). The molecule has 134 valence electrons. The fourth-order valence-corrected chi connectivity index (χ4v) is 3.97. The van der Waals surface area contributed by atoms with Crippen LogP contribution >= 0.6 is 0 Å². The number of hydrogen-bond acceptors (Lipinski definition) is 3. The highest BCUT2D eigenvalue weighted by Gasteiger charge is 2.33. The summed E-state index contributed by atoms with van der Waals surface area (Å²) < 4.78 is 6.36. The summed E-state index contributed by atoms with van der Waals surface area (Å²) in [4.78, 5) is 7.03. The molecule has 1 unspecified atom stereocenters. The lowest BCUT2D eigenvalue weighted by molar-refractivity contribution is 0.261. The van der Waals surface area contributed by atoms with Crippen molar-refractivity contribution in [2.24, 2.45) is 5.92 Å². The molecule has 0 saturated heterocycles. The lowest BCUT2D eigenvalue weighted by Gasteiger charge is -2.38. The molecular formula is C23H26N2O. The van der Waals surface area contributed by atoms with E-state index >= 15 is 0 Å². The van der Waals surface area contributed by atoms with Crippen molar-refractivity contribution in [3.05, 3.63) is 65.5 Å². The van der Waals surface area contributed by atoms with Gasteiger partial charge in [0.05, 0.1) is 5.54 Å². The highest BCUT2D eigenvalue weighted by atomic mass is 16.3. The molecule has 1 aliphatic heterocycles. The van der Waals surface area contributed by atoms with Gasteiger partial charge in [0.25, 0.3) is 0 Å². The lowest BCUT2D eigenvalue weighted by Crippen LogP contribution is -2.37. The molecule has 0 radical (unpaired) electrons. The molecule has 26 heavy (non-hydrogen) atoms. The molecule has 1 aromatic carbocycles. The first-order valence-electron chi connectivity index (χ1n) is 9.31. The summed E-state index contributed by atoms with van der Waals surface area (Å²) in [5, 5.41) is 2.23. The summed E-state index contributed by atoms with van der Waals surface area (Å²) in [7, 11) is 2.11. The van der Waals surface area contributed by atoms with Crippen LogP contribution in [0.2, 0.25) is 0 Å². The number of nitrogens with zero attached hydrogens (tertiary/aromatic N) is 2. The molecule has 0 saturated carbocycles. The Morgan fingerprint density at radius 3 is 2.62 bits per heavy atom. The maximum Gasteiger partial charge on any atom is 0.227 e. The van der Waals surface area contributed by atoms with Crippen molar-refractivity contribution >= 4 is 22.1 Å². The van der Waals surface area contributed by atoms with E-state index in [0.29, 0.717) is 5.92 Å². The molecule has 0 fully saturated rings. The smallest absolute Gasteiger partial charge is 0.227 e. The summed E-state index contributed by atoms with van der Waals surface area (Å²) in [5.41, 5.74) is 4.98. The van der Waals surface area contributed by atoms with Crippen LogP contribution in [-0.2, 0) is 12.0 Å². The topological polar surface area (TPSA) is 29.3 Å². The Morgan fingerprint density at radius 1 is 1.12 bits per heavy atom. The van der Waals surface area contributed by atoms with Crippen molar-refractivity contribution in [2.75, 3.05) is 7.05 Å². The number of aryl methyl sites for hydroxylation is 1. The van der Waals surface area contributed by atoms with Crippen molar-refractivity contribution in [3.63, 3.8) is 0 Å². The minimum atomic E-state index is -0.243. The second kappa shape index (κ2) is 6.01. The molecule has 0 amide bonds. The molecule has 0 bridgehead atoms. The fraction of sp³-hybridized carbons (Fsp3) is 0.348. The number of furan rings is 1. The molecule has 2 aromatic heterocycles. The van der Waals surface area contributed by atoms with Gasteiger partial charge in [0.15, 0.2) is 0 Å². The summed E-state index contributed by atoms with van der Waals surface area (Å²) in [6.07, 6.45) is 9.49. The van der Waals surface area contributed by atoms with Gasteiger partial charge in [0.1, 0.15) is 5.58 Å². The van der Waals surface area contributed by atoms with Gasteiger partial charge < -0.3 is 9.32 Å². The zero-order valence-corrected chi connectivity index (χ0v) is 16.2. The van der Waals surface area contributed by atoms with Crippen molar-refractivity contribution in [2.45, 2.75) is 39.7 Å². The van der Waals surface area contributed by atoms with Gasteiger partial charge in [0.2, 0.25) is 5.71 Å². The van der Waals surface area contributed by atoms with Crippen LogP contribution in [-0.4, -0.2) is 16.9 Å². The summed E-state index contributed by atoms with van der Waals surface area (Å²) in [6, 6.07) is 8.65. The molecule has 3 aromatic rings. The monoisotopic (exact) mass is 346 g/mol. The van der Waals surface area contributed by atoms with E-state index in [1.54, 1.807) is 0 Å². The number of rotatable bonds is 3. The number of benzene rings is 1. The van der Waals surface area contributed by atoms with Crippen molar-refractivity contribution in [1.82, 2.24) is 9.88 Å². The van der Waals surface area contributed by atoms with Gasteiger partial charge in [-0.2, -0.15) is 0 Å². The maximum atomic E-state index is 6.36. The molecule has 0 spiro atoms. The standard InChI is InChI=1S/C23H26N2O/c1-15(2)14-17-9-11-19-18-10-8-16(3)20(21(18)26-22(19)24-17)23(4)12-6-7-13-25(23)5/h6-13,15H,14H2,1-5H3. The first-order chi connectivity index (χ1) is 12.4. The Bertz CT molecular complexity index is 1040. The maximum absolute atomic E-state index is 6.36. The van der Waals surface area contributed by atoms with Crippen LogP contribution in [0.4, 0.5) is 0 Å². The highest BCUT2D eigenvalue weighted by molar-refractivity contribution is 6.05. The zero-order chi connectivity index (χ0) is 18.5. The molecule has 3 heterocycles. The van der Waals surface area contributed by atoms with E-state index in [0.717, 1.165) is 34.2 Å². The molecule has 1 aliphatic rings. The molecule has 0 N–H and O–H groups in total. The van der Waals surface area contributed by atoms with Crippen LogP contribution < -0.4 is 0 Å². The predicted octanol–water partition coefficient (Wildman–Crippen LogP) is 5.72. The van der Waals surface area contributed by atoms with E-state index in [1.807, 2.05) is 0 Å². The number of fused-ring (bicyclic) bond motifs is 3. The third-order valence-corrected chi connectivity index (χ3v) is 5.47. The van der Waals surface area contributed by atoms with Crippen LogP contribution in [0.25, 0.3) is 22.1 Å². The Labute approximate surface area is 155 Å².